The smallest absolute Gasteiger partial charge is 0.0578 e. The number of aliphatic hydroxyl groups excluding tert-OH is 1. The molecule has 1 N–H and O–H groups in total. The fourth-order valence-corrected chi connectivity index (χ4v) is 8.01. The Morgan fingerprint density at radius 2 is 1.75 bits per heavy atom. The Morgan fingerprint density at radius 1 is 0.964 bits per heavy atom. The monoisotopic (exact) mass is 384 g/mol. The number of allylic oxidation sites excluding steroid dienone is 3. The summed E-state index contributed by atoms with van der Waals surface area (Å²) in [7, 11) is 0. The molecule has 3 saturated carbocycles. The van der Waals surface area contributed by atoms with E-state index in [1.807, 2.05) is 0 Å². The van der Waals surface area contributed by atoms with Crippen molar-refractivity contribution in [1.29, 1.82) is 0 Å². The maximum atomic E-state index is 10.2. The molecule has 4 aliphatic rings. The van der Waals surface area contributed by atoms with Crippen LogP contribution in [-0.2, 0) is 0 Å². The number of hydrogen-bond acceptors (Lipinski definition) is 1. The lowest BCUT2D eigenvalue weighted by Crippen LogP contribution is -2.46. The molecule has 7 atom stereocenters. The summed E-state index contributed by atoms with van der Waals surface area (Å²) in [5.41, 5.74) is 4.19. The van der Waals surface area contributed by atoms with Gasteiger partial charge in [-0.1, -0.05) is 77.2 Å². The first kappa shape index (κ1) is 20.7. The standard InChI is InChI=1S/C27H44O/c1-18(2)7-6-8-19(3)23-11-12-24-22-10-9-20-17-21(28)13-15-26(20,4)25(22)14-16-27(23,24)5/h9-10,18-19,21,23-25,28H,6-8,11-17H2,1-5H3/t19-,21-,23-,24-,25-,26-,27+/m0/s1. The van der Waals surface area contributed by atoms with Crippen LogP contribution in [0.25, 0.3) is 0 Å². The van der Waals surface area contributed by atoms with E-state index in [1.165, 1.54) is 51.4 Å². The molecule has 0 aromatic heterocycles. The Bertz CT molecular complexity index is 643. The van der Waals surface area contributed by atoms with Gasteiger partial charge in [-0.25, -0.2) is 0 Å². The Labute approximate surface area is 174 Å². The van der Waals surface area contributed by atoms with Crippen LogP contribution >= 0.6 is 0 Å². The summed E-state index contributed by atoms with van der Waals surface area (Å²) in [5, 5.41) is 10.2. The SMILES string of the molecule is CC(C)CCC[C@H](C)[C@@H]1CC[C@H]2C3=CC=C4C[C@@H](O)CC[C@]4(C)[C@H]3CC[C@@]21C. The lowest BCUT2D eigenvalue weighted by atomic mass is 9.50. The van der Waals surface area contributed by atoms with Gasteiger partial charge in [0.25, 0.3) is 0 Å². The fourth-order valence-electron chi connectivity index (χ4n) is 8.01. The molecule has 0 bridgehead atoms. The average molecular weight is 385 g/mol. The maximum Gasteiger partial charge on any atom is 0.0578 e. The second-order valence-corrected chi connectivity index (χ2v) is 11.8. The van der Waals surface area contributed by atoms with Gasteiger partial charge in [-0.2, -0.15) is 0 Å². The molecule has 0 aliphatic heterocycles. The summed E-state index contributed by atoms with van der Waals surface area (Å²) in [6, 6.07) is 0. The van der Waals surface area contributed by atoms with Crippen LogP contribution in [-0.4, -0.2) is 11.2 Å². The minimum atomic E-state index is -0.106. The van der Waals surface area contributed by atoms with Crippen LogP contribution in [0.15, 0.2) is 23.3 Å². The molecule has 0 amide bonds. The van der Waals surface area contributed by atoms with E-state index in [1.54, 1.807) is 11.1 Å². The molecule has 3 fully saturated rings. The summed E-state index contributed by atoms with van der Waals surface area (Å²) >= 11 is 0. The largest absolute Gasteiger partial charge is 0.393 e. The summed E-state index contributed by atoms with van der Waals surface area (Å²) in [6.45, 7) is 12.5. The van der Waals surface area contributed by atoms with Crippen LogP contribution in [0.5, 0.6) is 0 Å². The van der Waals surface area contributed by atoms with Crippen molar-refractivity contribution in [1.82, 2.24) is 0 Å². The van der Waals surface area contributed by atoms with Crippen LogP contribution in [0.1, 0.15) is 98.8 Å². The van der Waals surface area contributed by atoms with E-state index in [9.17, 15) is 5.11 Å². The van der Waals surface area contributed by atoms with Crippen molar-refractivity contribution in [3.05, 3.63) is 23.3 Å². The summed E-state index contributed by atoms with van der Waals surface area (Å²) in [5.74, 6) is 4.19. The molecular formula is C27H44O. The molecule has 28 heavy (non-hydrogen) atoms. The zero-order chi connectivity index (χ0) is 20.1. The van der Waals surface area contributed by atoms with Gasteiger partial charge in [-0.15, -0.1) is 0 Å². The lowest BCUT2D eigenvalue weighted by molar-refractivity contribution is 0.0323. The van der Waals surface area contributed by atoms with E-state index in [2.05, 4.69) is 46.8 Å². The second-order valence-electron chi connectivity index (χ2n) is 11.8. The van der Waals surface area contributed by atoms with Crippen molar-refractivity contribution in [2.45, 2.75) is 105 Å². The van der Waals surface area contributed by atoms with E-state index in [-0.39, 0.29) is 6.10 Å². The van der Waals surface area contributed by atoms with Crippen molar-refractivity contribution in [3.8, 4) is 0 Å². The molecule has 1 nitrogen and oxygen atoms in total. The zero-order valence-corrected chi connectivity index (χ0v) is 19.1. The summed E-state index contributed by atoms with van der Waals surface area (Å²) in [6.07, 6.45) is 17.8. The van der Waals surface area contributed by atoms with E-state index >= 15 is 0 Å². The first-order valence-corrected chi connectivity index (χ1v) is 12.3. The number of aliphatic hydroxyl groups is 1. The molecule has 1 heteroatoms. The van der Waals surface area contributed by atoms with E-state index in [0.717, 1.165) is 42.4 Å². The third kappa shape index (κ3) is 3.34. The minimum Gasteiger partial charge on any atom is -0.393 e. The third-order valence-electron chi connectivity index (χ3n) is 9.75. The van der Waals surface area contributed by atoms with Gasteiger partial charge in [0, 0.05) is 0 Å². The Balaban J connectivity index is 1.53. The van der Waals surface area contributed by atoms with E-state index in [4.69, 9.17) is 0 Å². The van der Waals surface area contributed by atoms with Crippen LogP contribution in [0.4, 0.5) is 0 Å². The molecule has 4 aliphatic carbocycles. The predicted molar refractivity (Wildman–Crippen MR) is 119 cm³/mol. The molecule has 0 aromatic carbocycles. The molecular weight excluding hydrogens is 340 g/mol. The highest BCUT2D eigenvalue weighted by molar-refractivity contribution is 5.38. The van der Waals surface area contributed by atoms with Gasteiger partial charge in [0.15, 0.2) is 0 Å². The van der Waals surface area contributed by atoms with Crippen molar-refractivity contribution in [2.24, 2.45) is 40.4 Å². The molecule has 0 aromatic rings. The molecule has 0 radical (unpaired) electrons. The van der Waals surface area contributed by atoms with Crippen LogP contribution in [0.3, 0.4) is 0 Å². The average Bonchev–Trinajstić information content (AvgIpc) is 2.99. The molecule has 158 valence electrons. The third-order valence-corrected chi connectivity index (χ3v) is 9.75. The summed E-state index contributed by atoms with van der Waals surface area (Å²) < 4.78 is 0. The second kappa shape index (κ2) is 7.60. The molecule has 0 saturated heterocycles. The van der Waals surface area contributed by atoms with Crippen molar-refractivity contribution < 1.29 is 5.11 Å². The van der Waals surface area contributed by atoms with E-state index in [0.29, 0.717) is 10.8 Å². The molecule has 0 heterocycles. The first-order valence-electron chi connectivity index (χ1n) is 12.3. The molecule has 4 rings (SSSR count). The highest BCUT2D eigenvalue weighted by atomic mass is 16.3. The number of fused-ring (bicyclic) bond motifs is 5. The minimum absolute atomic E-state index is 0.106. The topological polar surface area (TPSA) is 20.2 Å². The van der Waals surface area contributed by atoms with Gasteiger partial charge >= 0.3 is 0 Å². The van der Waals surface area contributed by atoms with Gasteiger partial charge < -0.3 is 5.11 Å². The Hall–Kier alpha value is -0.560. The van der Waals surface area contributed by atoms with Crippen molar-refractivity contribution in [2.75, 3.05) is 0 Å². The zero-order valence-electron chi connectivity index (χ0n) is 19.1. The normalized spacial score (nSPS) is 43.7. The van der Waals surface area contributed by atoms with Gasteiger partial charge in [0.2, 0.25) is 0 Å². The van der Waals surface area contributed by atoms with E-state index < -0.39 is 0 Å². The van der Waals surface area contributed by atoms with Crippen molar-refractivity contribution >= 4 is 0 Å². The Morgan fingerprint density at radius 3 is 2.50 bits per heavy atom. The van der Waals surface area contributed by atoms with Crippen LogP contribution in [0, 0.1) is 40.4 Å². The molecule has 0 spiro atoms. The highest BCUT2D eigenvalue weighted by Gasteiger charge is 2.56. The van der Waals surface area contributed by atoms with Crippen LogP contribution in [0.2, 0.25) is 0 Å². The Kier molecular flexibility index (Phi) is 5.62. The van der Waals surface area contributed by atoms with Gasteiger partial charge in [0.1, 0.15) is 0 Å². The predicted octanol–water partition coefficient (Wildman–Crippen LogP) is 7.31. The van der Waals surface area contributed by atoms with Gasteiger partial charge in [0.05, 0.1) is 6.10 Å². The molecule has 0 unspecified atom stereocenters. The fraction of sp³-hybridized carbons (Fsp3) is 0.852. The summed E-state index contributed by atoms with van der Waals surface area (Å²) in [4.78, 5) is 0. The lowest BCUT2D eigenvalue weighted by Gasteiger charge is -2.55. The highest BCUT2D eigenvalue weighted by Crippen LogP contribution is 2.66. The number of rotatable bonds is 5. The quantitative estimate of drug-likeness (QED) is 0.527. The first-order chi connectivity index (χ1) is 13.3. The van der Waals surface area contributed by atoms with Crippen molar-refractivity contribution in [3.63, 3.8) is 0 Å². The van der Waals surface area contributed by atoms with Gasteiger partial charge in [-0.3, -0.25) is 0 Å². The van der Waals surface area contributed by atoms with Crippen LogP contribution < -0.4 is 0 Å². The maximum absolute atomic E-state index is 10.2. The number of hydrogen-bond donors (Lipinski definition) is 1. The van der Waals surface area contributed by atoms with Gasteiger partial charge in [-0.05, 0) is 85.4 Å².